The molecule has 0 aliphatic carbocycles. The Morgan fingerprint density at radius 2 is 2.07 bits per heavy atom. The summed E-state index contributed by atoms with van der Waals surface area (Å²) in [5.74, 6) is -0.0447. The summed E-state index contributed by atoms with van der Waals surface area (Å²) in [5, 5.41) is 22.2. The summed E-state index contributed by atoms with van der Waals surface area (Å²) >= 11 is 0. The molecule has 1 saturated heterocycles. The van der Waals surface area contributed by atoms with Crippen LogP contribution < -0.4 is 11.5 Å². The van der Waals surface area contributed by atoms with E-state index in [0.717, 1.165) is 11.1 Å². The Morgan fingerprint density at radius 3 is 2.83 bits per heavy atom. The Kier molecular flexibility index (Phi) is 4.83. The van der Waals surface area contributed by atoms with Crippen LogP contribution in [0.5, 0.6) is 0 Å². The molecule has 29 heavy (non-hydrogen) atoms. The van der Waals surface area contributed by atoms with Crippen LogP contribution in [0.3, 0.4) is 0 Å². The number of benzene rings is 1. The predicted molar refractivity (Wildman–Crippen MR) is 106 cm³/mol. The van der Waals surface area contributed by atoms with Gasteiger partial charge in [0, 0.05) is 19.2 Å². The third kappa shape index (κ3) is 3.28. The first-order valence-corrected chi connectivity index (χ1v) is 9.26. The van der Waals surface area contributed by atoms with Gasteiger partial charge in [0.1, 0.15) is 35.6 Å². The quantitative estimate of drug-likeness (QED) is 0.480. The molecule has 1 aliphatic heterocycles. The number of hydrogen-bond acceptors (Lipinski definition) is 8. The van der Waals surface area contributed by atoms with Gasteiger partial charge >= 0.3 is 0 Å². The number of aliphatic hydroxyl groups is 2. The molecule has 0 unspecified atom stereocenters. The van der Waals surface area contributed by atoms with E-state index in [4.69, 9.17) is 16.2 Å². The second-order valence-electron chi connectivity index (χ2n) is 7.46. The van der Waals surface area contributed by atoms with Gasteiger partial charge in [0.2, 0.25) is 0 Å². The third-order valence-corrected chi connectivity index (χ3v) is 5.39. The number of anilines is 1. The molecule has 4 rings (SSSR count). The average molecular weight is 397 g/mol. The van der Waals surface area contributed by atoms with Crippen LogP contribution in [-0.2, 0) is 22.5 Å². The van der Waals surface area contributed by atoms with E-state index in [1.165, 1.54) is 13.3 Å². The van der Waals surface area contributed by atoms with Crippen LogP contribution >= 0.6 is 0 Å². The minimum absolute atomic E-state index is 0.0512. The maximum Gasteiger partial charge on any atom is 0.169 e. The summed E-state index contributed by atoms with van der Waals surface area (Å²) in [6, 6.07) is 9.05. The molecule has 0 saturated carbocycles. The number of Topliss-reactive ketones (excluding diaryl/α,β-unsaturated/α-hetero) is 1. The normalized spacial score (nSPS) is 26.8. The van der Waals surface area contributed by atoms with Gasteiger partial charge in [-0.2, -0.15) is 0 Å². The van der Waals surface area contributed by atoms with Crippen molar-refractivity contribution in [2.24, 2.45) is 5.73 Å². The zero-order chi connectivity index (χ0) is 20.8. The molecule has 3 heterocycles. The maximum absolute atomic E-state index is 12.9. The van der Waals surface area contributed by atoms with Crippen molar-refractivity contribution in [1.29, 1.82) is 0 Å². The standard InChI is InChI=1S/C20H23N5O4/c1-20(28)15(27)19(25-6-5-13-17(22)23-10-24-18(13)25)29-16(20)14(26)8-11-3-2-4-12(7-11)9-21/h2-7,10,15-16,19,27-28H,8-9,21H2,1H3,(H2,22,23,24)/t15-,16+,19+,20-/m0/s1. The molecule has 0 bridgehead atoms. The lowest BCUT2D eigenvalue weighted by atomic mass is 9.89. The van der Waals surface area contributed by atoms with E-state index >= 15 is 0 Å². The summed E-state index contributed by atoms with van der Waals surface area (Å²) in [6.45, 7) is 1.76. The highest BCUT2D eigenvalue weighted by atomic mass is 16.6. The number of aromatic nitrogens is 3. The fourth-order valence-corrected chi connectivity index (χ4v) is 3.77. The van der Waals surface area contributed by atoms with E-state index in [1.54, 1.807) is 16.8 Å². The number of hydrogen-bond donors (Lipinski definition) is 4. The van der Waals surface area contributed by atoms with Gasteiger partial charge in [0.15, 0.2) is 12.0 Å². The van der Waals surface area contributed by atoms with Crippen LogP contribution in [0.2, 0.25) is 0 Å². The van der Waals surface area contributed by atoms with Crippen molar-refractivity contribution in [2.75, 3.05) is 5.73 Å². The van der Waals surface area contributed by atoms with Gasteiger partial charge in [-0.15, -0.1) is 0 Å². The molecule has 0 spiro atoms. The van der Waals surface area contributed by atoms with E-state index in [0.29, 0.717) is 23.4 Å². The van der Waals surface area contributed by atoms with Crippen molar-refractivity contribution in [3.8, 4) is 0 Å². The summed E-state index contributed by atoms with van der Waals surface area (Å²) in [7, 11) is 0. The molecule has 9 heteroatoms. The van der Waals surface area contributed by atoms with Gasteiger partial charge in [-0.1, -0.05) is 24.3 Å². The summed E-state index contributed by atoms with van der Waals surface area (Å²) in [5.41, 5.74) is 11.9. The first-order valence-electron chi connectivity index (χ1n) is 9.26. The number of rotatable bonds is 5. The zero-order valence-electron chi connectivity index (χ0n) is 15.9. The average Bonchev–Trinajstić information content (AvgIpc) is 3.22. The fraction of sp³-hybridized carbons (Fsp3) is 0.350. The summed E-state index contributed by atoms with van der Waals surface area (Å²) in [4.78, 5) is 21.1. The molecular weight excluding hydrogens is 374 g/mol. The van der Waals surface area contributed by atoms with Gasteiger partial charge in [-0.3, -0.25) is 4.79 Å². The van der Waals surface area contributed by atoms with Crippen LogP contribution in [0, 0.1) is 0 Å². The van der Waals surface area contributed by atoms with Gasteiger partial charge < -0.3 is 31.0 Å². The molecule has 0 amide bonds. The van der Waals surface area contributed by atoms with Gasteiger partial charge in [0.25, 0.3) is 0 Å². The number of nitrogen functional groups attached to an aromatic ring is 1. The van der Waals surface area contributed by atoms with Crippen molar-refractivity contribution in [1.82, 2.24) is 14.5 Å². The minimum Gasteiger partial charge on any atom is -0.385 e. The molecule has 6 N–H and O–H groups in total. The number of nitrogens with zero attached hydrogens (tertiary/aromatic N) is 3. The Morgan fingerprint density at radius 1 is 1.31 bits per heavy atom. The first-order chi connectivity index (χ1) is 13.8. The molecule has 4 atom stereocenters. The van der Waals surface area contributed by atoms with Crippen molar-refractivity contribution in [3.05, 3.63) is 54.0 Å². The Balaban J connectivity index is 1.62. The molecule has 3 aromatic rings. The maximum atomic E-state index is 12.9. The lowest BCUT2D eigenvalue weighted by Crippen LogP contribution is -2.48. The lowest BCUT2D eigenvalue weighted by Gasteiger charge is -2.25. The minimum atomic E-state index is -1.78. The number of aliphatic hydroxyl groups excluding tert-OH is 1. The number of ketones is 1. The Hall–Kier alpha value is -2.85. The fourth-order valence-electron chi connectivity index (χ4n) is 3.77. The second kappa shape index (κ2) is 7.20. The zero-order valence-corrected chi connectivity index (χ0v) is 15.9. The highest BCUT2D eigenvalue weighted by molar-refractivity contribution is 5.87. The highest BCUT2D eigenvalue weighted by Gasteiger charge is 2.55. The van der Waals surface area contributed by atoms with Gasteiger partial charge in [0.05, 0.1) is 5.39 Å². The molecule has 1 aliphatic rings. The molecule has 1 aromatic carbocycles. The van der Waals surface area contributed by atoms with Crippen molar-refractivity contribution in [3.63, 3.8) is 0 Å². The number of ether oxygens (including phenoxy) is 1. The van der Waals surface area contributed by atoms with Crippen LogP contribution in [0.4, 0.5) is 5.82 Å². The largest absolute Gasteiger partial charge is 0.385 e. The summed E-state index contributed by atoms with van der Waals surface area (Å²) < 4.78 is 7.41. The van der Waals surface area contributed by atoms with Gasteiger partial charge in [-0.05, 0) is 24.1 Å². The lowest BCUT2D eigenvalue weighted by molar-refractivity contribution is -0.140. The topological polar surface area (TPSA) is 150 Å². The Labute approximate surface area is 166 Å². The highest BCUT2D eigenvalue weighted by Crippen LogP contribution is 2.39. The molecule has 2 aromatic heterocycles. The van der Waals surface area contributed by atoms with E-state index in [9.17, 15) is 15.0 Å². The van der Waals surface area contributed by atoms with Crippen molar-refractivity contribution >= 4 is 22.6 Å². The molecule has 9 nitrogen and oxygen atoms in total. The molecule has 152 valence electrons. The number of fused-ring (bicyclic) bond motifs is 1. The Bertz CT molecular complexity index is 1060. The first kappa shape index (κ1) is 19.5. The number of carbonyl (C=O) groups is 1. The summed E-state index contributed by atoms with van der Waals surface area (Å²) in [6.07, 6.45) is -0.562. The van der Waals surface area contributed by atoms with E-state index in [2.05, 4.69) is 9.97 Å². The SMILES string of the molecule is C[C@@]1(O)[C@@H](C(=O)Cc2cccc(CN)c2)O[C@@H](n2ccc3c(N)ncnc32)[C@@H]1O. The van der Waals surface area contributed by atoms with E-state index in [-0.39, 0.29) is 12.2 Å². The smallest absolute Gasteiger partial charge is 0.169 e. The number of nitrogens with two attached hydrogens (primary N) is 2. The van der Waals surface area contributed by atoms with Crippen LogP contribution in [0.25, 0.3) is 11.0 Å². The van der Waals surface area contributed by atoms with Crippen molar-refractivity contribution in [2.45, 2.75) is 43.9 Å². The molecular formula is C20H23N5O4. The van der Waals surface area contributed by atoms with E-state index < -0.39 is 24.0 Å². The monoisotopic (exact) mass is 397 g/mol. The van der Waals surface area contributed by atoms with Crippen molar-refractivity contribution < 1.29 is 19.7 Å². The number of carbonyl (C=O) groups excluding carboxylic acids is 1. The third-order valence-electron chi connectivity index (χ3n) is 5.39. The molecule has 0 radical (unpaired) electrons. The second-order valence-corrected chi connectivity index (χ2v) is 7.46. The van der Waals surface area contributed by atoms with Crippen LogP contribution in [-0.4, -0.2) is 48.3 Å². The van der Waals surface area contributed by atoms with Crippen LogP contribution in [0.15, 0.2) is 42.9 Å². The predicted octanol–water partition coefficient (Wildman–Crippen LogP) is 0.293. The molecule has 1 fully saturated rings. The van der Waals surface area contributed by atoms with Crippen LogP contribution in [0.1, 0.15) is 24.3 Å². The van der Waals surface area contributed by atoms with Gasteiger partial charge in [-0.25, -0.2) is 9.97 Å². The van der Waals surface area contributed by atoms with E-state index in [1.807, 2.05) is 24.3 Å².